The van der Waals surface area contributed by atoms with Crippen LogP contribution in [0, 0.1) is 46.6 Å². The molecule has 2 aromatic rings. The van der Waals surface area contributed by atoms with E-state index in [1.54, 1.807) is 12.1 Å². The number of nitrogens with zero attached hydrogens (tertiary/aromatic N) is 2. The molecule has 4 saturated carbocycles. The molecule has 6 rings (SSSR count). The zero-order chi connectivity index (χ0) is 31.4. The van der Waals surface area contributed by atoms with Gasteiger partial charge in [-0.2, -0.15) is 0 Å². The fourth-order valence-electron chi connectivity index (χ4n) is 9.69. The number of ether oxygens (including phenoxy) is 1. The van der Waals surface area contributed by atoms with Crippen LogP contribution in [-0.4, -0.2) is 66.1 Å². The molecule has 44 heavy (non-hydrogen) atoms. The SMILES string of the molecule is C=C[C@]12CC[C@H](C1)C[C@](O)(c1cc(OCN(C)C[C@H]3[C@H]4CC[C@H](C4)C[C@]3(O)c3cc(O)ccc3F)ccc1F)[C@H]2CN(C)C. The Morgan fingerprint density at radius 2 is 1.61 bits per heavy atom. The molecule has 0 radical (unpaired) electrons. The van der Waals surface area contributed by atoms with Gasteiger partial charge in [0, 0.05) is 36.1 Å². The summed E-state index contributed by atoms with van der Waals surface area (Å²) in [6.07, 6.45) is 8.89. The Balaban J connectivity index is 1.21. The number of allylic oxidation sites excluding steroid dienone is 1. The molecule has 0 amide bonds. The maximum absolute atomic E-state index is 15.6. The molecule has 4 bridgehead atoms. The Labute approximate surface area is 260 Å². The summed E-state index contributed by atoms with van der Waals surface area (Å²) in [5.74, 6) is -0.0951. The lowest BCUT2D eigenvalue weighted by Gasteiger charge is -2.51. The minimum atomic E-state index is -1.39. The number of halogens is 2. The monoisotopic (exact) mass is 610 g/mol. The van der Waals surface area contributed by atoms with Crippen LogP contribution in [0.5, 0.6) is 11.5 Å². The number of hydrogen-bond donors (Lipinski definition) is 3. The van der Waals surface area contributed by atoms with Crippen molar-refractivity contribution in [2.24, 2.45) is 35.0 Å². The van der Waals surface area contributed by atoms with Crippen molar-refractivity contribution in [1.29, 1.82) is 0 Å². The van der Waals surface area contributed by atoms with Crippen LogP contribution in [0.4, 0.5) is 8.78 Å². The average molecular weight is 611 g/mol. The fraction of sp³-hybridized carbons (Fsp3) is 0.611. The molecule has 0 spiro atoms. The van der Waals surface area contributed by atoms with Crippen LogP contribution < -0.4 is 4.74 Å². The molecular weight excluding hydrogens is 562 g/mol. The van der Waals surface area contributed by atoms with Crippen LogP contribution in [-0.2, 0) is 11.2 Å². The molecule has 8 atom stereocenters. The lowest BCUT2D eigenvalue weighted by Crippen LogP contribution is -2.52. The van der Waals surface area contributed by atoms with Gasteiger partial charge in [0.2, 0.25) is 0 Å². The molecule has 6 nitrogen and oxygen atoms in total. The molecule has 0 heterocycles. The Kier molecular flexibility index (Phi) is 8.36. The second kappa shape index (κ2) is 11.7. The summed E-state index contributed by atoms with van der Waals surface area (Å²) in [7, 11) is 5.87. The number of aliphatic hydroxyl groups is 2. The third kappa shape index (κ3) is 5.46. The smallest absolute Gasteiger partial charge is 0.141 e. The maximum Gasteiger partial charge on any atom is 0.141 e. The van der Waals surface area contributed by atoms with E-state index in [0.717, 1.165) is 38.5 Å². The van der Waals surface area contributed by atoms with Gasteiger partial charge in [-0.3, -0.25) is 4.90 Å². The Morgan fingerprint density at radius 1 is 0.909 bits per heavy atom. The summed E-state index contributed by atoms with van der Waals surface area (Å²) in [6.45, 7) is 5.42. The number of benzene rings is 2. The summed E-state index contributed by atoms with van der Waals surface area (Å²) in [6, 6.07) is 8.54. The molecule has 4 aliphatic rings. The van der Waals surface area contributed by atoms with Crippen molar-refractivity contribution in [3.8, 4) is 11.5 Å². The molecule has 0 aliphatic heterocycles. The van der Waals surface area contributed by atoms with Crippen LogP contribution in [0.3, 0.4) is 0 Å². The molecular formula is C36H48F2N2O4. The second-order valence-corrected chi connectivity index (χ2v) is 14.8. The molecule has 2 aromatic carbocycles. The Bertz CT molecular complexity index is 1390. The van der Waals surface area contributed by atoms with Crippen LogP contribution in [0.25, 0.3) is 0 Å². The predicted octanol–water partition coefficient (Wildman–Crippen LogP) is 6.00. The molecule has 0 saturated heterocycles. The number of hydrogen-bond acceptors (Lipinski definition) is 6. The van der Waals surface area contributed by atoms with Crippen LogP contribution >= 0.6 is 0 Å². The van der Waals surface area contributed by atoms with Crippen LogP contribution in [0.15, 0.2) is 49.1 Å². The molecule has 0 aromatic heterocycles. The molecule has 0 unspecified atom stereocenters. The maximum atomic E-state index is 15.6. The quantitative estimate of drug-likeness (QED) is 0.226. The Morgan fingerprint density at radius 3 is 2.34 bits per heavy atom. The summed E-state index contributed by atoms with van der Waals surface area (Å²) in [5.41, 5.74) is -2.54. The van der Waals surface area contributed by atoms with Gasteiger partial charge in [-0.05, 0) is 126 Å². The molecule has 240 valence electrons. The van der Waals surface area contributed by atoms with Crippen molar-refractivity contribution in [1.82, 2.24) is 9.80 Å². The first-order valence-electron chi connectivity index (χ1n) is 16.2. The van der Waals surface area contributed by atoms with E-state index in [4.69, 9.17) is 4.74 Å². The highest BCUT2D eigenvalue weighted by Gasteiger charge is 2.59. The summed E-state index contributed by atoms with van der Waals surface area (Å²) in [5, 5.41) is 34.5. The first kappa shape index (κ1) is 31.5. The van der Waals surface area contributed by atoms with E-state index >= 15 is 8.78 Å². The van der Waals surface area contributed by atoms with Crippen molar-refractivity contribution < 1.29 is 28.8 Å². The highest BCUT2D eigenvalue weighted by atomic mass is 19.1. The number of aromatic hydroxyl groups is 1. The van der Waals surface area contributed by atoms with E-state index < -0.39 is 22.8 Å². The van der Waals surface area contributed by atoms with E-state index in [-0.39, 0.29) is 46.8 Å². The molecule has 4 fully saturated rings. The third-order valence-electron chi connectivity index (χ3n) is 11.7. The van der Waals surface area contributed by atoms with E-state index in [2.05, 4.69) is 11.5 Å². The van der Waals surface area contributed by atoms with Crippen LogP contribution in [0.2, 0.25) is 0 Å². The van der Waals surface area contributed by atoms with Gasteiger partial charge in [-0.25, -0.2) is 8.78 Å². The van der Waals surface area contributed by atoms with E-state index in [9.17, 15) is 15.3 Å². The van der Waals surface area contributed by atoms with Crippen molar-refractivity contribution in [2.45, 2.75) is 62.6 Å². The highest BCUT2D eigenvalue weighted by molar-refractivity contribution is 5.37. The Hall–Kier alpha value is -2.52. The fourth-order valence-corrected chi connectivity index (χ4v) is 9.69. The van der Waals surface area contributed by atoms with Gasteiger partial charge >= 0.3 is 0 Å². The van der Waals surface area contributed by atoms with E-state index in [1.165, 1.54) is 24.3 Å². The average Bonchev–Trinajstić information content (AvgIpc) is 3.56. The van der Waals surface area contributed by atoms with Gasteiger partial charge in [0.25, 0.3) is 0 Å². The minimum absolute atomic E-state index is 0.0604. The normalized spacial score (nSPS) is 36.2. The molecule has 4 aliphatic carbocycles. The van der Waals surface area contributed by atoms with Gasteiger partial charge in [0.15, 0.2) is 0 Å². The van der Waals surface area contributed by atoms with Gasteiger partial charge in [-0.15, -0.1) is 6.58 Å². The standard InChI is InChI=1S/C36H48F2N2O4/c1-5-34-13-12-24(17-34)19-36(43,33(34)21-39(2)3)29-16-27(9-11-32(29)38)44-22-40(4)20-30-25-7-6-23(14-25)18-35(30,42)28-15-26(41)8-10-31(28)37/h5,8-11,15-16,23-25,30,33,41-43H,1,6-7,12-14,17-22H2,2-4H3/t23-,24-,25+,30+,33+,34+,35+,36+/m1/s1. The first-order chi connectivity index (χ1) is 20.9. The zero-order valence-corrected chi connectivity index (χ0v) is 26.3. The minimum Gasteiger partial charge on any atom is -0.508 e. The lowest BCUT2D eigenvalue weighted by atomic mass is 9.58. The van der Waals surface area contributed by atoms with Gasteiger partial charge in [0.1, 0.15) is 29.9 Å². The number of rotatable bonds is 10. The predicted molar refractivity (Wildman–Crippen MR) is 166 cm³/mol. The topological polar surface area (TPSA) is 76.4 Å². The zero-order valence-electron chi connectivity index (χ0n) is 26.3. The first-order valence-corrected chi connectivity index (χ1v) is 16.2. The van der Waals surface area contributed by atoms with E-state index in [0.29, 0.717) is 43.5 Å². The summed E-state index contributed by atoms with van der Waals surface area (Å²) < 4.78 is 36.8. The largest absolute Gasteiger partial charge is 0.508 e. The van der Waals surface area contributed by atoms with E-state index in [1.807, 2.05) is 32.1 Å². The molecule has 8 heteroatoms. The van der Waals surface area contributed by atoms with Gasteiger partial charge in [0.05, 0.1) is 11.2 Å². The lowest BCUT2D eigenvalue weighted by molar-refractivity contribution is -0.112. The highest BCUT2D eigenvalue weighted by Crippen LogP contribution is 2.62. The second-order valence-electron chi connectivity index (χ2n) is 14.8. The van der Waals surface area contributed by atoms with Gasteiger partial charge in [-0.1, -0.05) is 12.5 Å². The van der Waals surface area contributed by atoms with Crippen LogP contribution in [0.1, 0.15) is 62.5 Å². The van der Waals surface area contributed by atoms with Crippen molar-refractivity contribution >= 4 is 0 Å². The van der Waals surface area contributed by atoms with Crippen molar-refractivity contribution in [3.63, 3.8) is 0 Å². The van der Waals surface area contributed by atoms with Gasteiger partial charge < -0.3 is 25.0 Å². The number of phenols is 1. The number of phenolic OH excluding ortho intramolecular Hbond substituents is 1. The van der Waals surface area contributed by atoms with Crippen molar-refractivity contribution in [2.75, 3.05) is 41.0 Å². The summed E-state index contributed by atoms with van der Waals surface area (Å²) in [4.78, 5) is 4.03. The third-order valence-corrected chi connectivity index (χ3v) is 11.7. The number of fused-ring (bicyclic) bond motifs is 4. The summed E-state index contributed by atoms with van der Waals surface area (Å²) >= 11 is 0. The van der Waals surface area contributed by atoms with Crippen molar-refractivity contribution in [3.05, 3.63) is 71.8 Å². The molecule has 3 N–H and O–H groups in total.